The second kappa shape index (κ2) is 8.41. The van der Waals surface area contributed by atoms with Crippen LogP contribution in [0.3, 0.4) is 0 Å². The molecule has 0 radical (unpaired) electrons. The van der Waals surface area contributed by atoms with Crippen LogP contribution in [-0.2, 0) is 27.7 Å². The molecule has 0 aromatic carbocycles. The molecule has 0 bridgehead atoms. The maximum atomic E-state index is 12.9. The number of hydrogen-bond acceptors (Lipinski definition) is 6. The molecular weight excluding hydrogens is 358 g/mol. The third-order valence-electron chi connectivity index (χ3n) is 4.65. The molecule has 3 rings (SSSR count). The minimum absolute atomic E-state index is 0.0436. The van der Waals surface area contributed by atoms with Gasteiger partial charge in [-0.25, -0.2) is 13.4 Å². The molecule has 0 spiro atoms. The molecule has 0 aliphatic carbocycles. The van der Waals surface area contributed by atoms with Gasteiger partial charge in [-0.1, -0.05) is 13.8 Å². The highest BCUT2D eigenvalue weighted by Crippen LogP contribution is 2.22. The molecule has 1 aromatic heterocycles. The summed E-state index contributed by atoms with van der Waals surface area (Å²) in [4.78, 5) is 6.73. The second-order valence-electron chi connectivity index (χ2n) is 7.34. The highest BCUT2D eigenvalue weighted by Gasteiger charge is 2.30. The van der Waals surface area contributed by atoms with E-state index in [1.165, 1.54) is 0 Å². The van der Waals surface area contributed by atoms with Crippen molar-refractivity contribution in [3.63, 3.8) is 0 Å². The minimum Gasteiger partial charge on any atom is -0.377 e. The van der Waals surface area contributed by atoms with E-state index in [9.17, 15) is 8.42 Å². The highest BCUT2D eigenvalue weighted by atomic mass is 32.2. The number of rotatable bonds is 7. The lowest BCUT2D eigenvalue weighted by molar-refractivity contribution is 0.127. The van der Waals surface area contributed by atoms with Gasteiger partial charge in [0, 0.05) is 44.3 Å². The smallest absolute Gasteiger partial charge is 0.227 e. The fraction of sp³-hybridized carbons (Fsp3) is 0.824. The van der Waals surface area contributed by atoms with Crippen molar-refractivity contribution in [3.8, 4) is 0 Å². The first-order valence-corrected chi connectivity index (χ1v) is 12.0. The van der Waals surface area contributed by atoms with Gasteiger partial charge >= 0.3 is 0 Å². The Bertz CT molecular complexity index is 661. The maximum absolute atomic E-state index is 12.9. The third-order valence-corrected chi connectivity index (χ3v) is 7.28. The zero-order valence-corrected chi connectivity index (χ0v) is 16.8. The van der Waals surface area contributed by atoms with Crippen LogP contribution in [0.15, 0.2) is 11.4 Å². The van der Waals surface area contributed by atoms with Gasteiger partial charge in [-0.2, -0.15) is 11.8 Å². The summed E-state index contributed by atoms with van der Waals surface area (Å²) in [6.45, 7) is 8.44. The van der Waals surface area contributed by atoms with E-state index < -0.39 is 9.84 Å². The number of aromatic nitrogens is 2. The van der Waals surface area contributed by atoms with Gasteiger partial charge in [-0.05, 0) is 18.8 Å². The van der Waals surface area contributed by atoms with Crippen molar-refractivity contribution in [2.45, 2.75) is 51.0 Å². The number of ether oxygens (including phenoxy) is 1. The molecule has 0 N–H and O–H groups in total. The molecular formula is C17H29N3O3S2. The van der Waals surface area contributed by atoms with E-state index in [0.717, 1.165) is 49.7 Å². The summed E-state index contributed by atoms with van der Waals surface area (Å²) in [6.07, 6.45) is 3.34. The van der Waals surface area contributed by atoms with Gasteiger partial charge in [-0.15, -0.1) is 0 Å². The van der Waals surface area contributed by atoms with E-state index in [2.05, 4.69) is 23.7 Å². The second-order valence-corrected chi connectivity index (χ2v) is 10.5. The van der Waals surface area contributed by atoms with Crippen LogP contribution in [0.4, 0.5) is 0 Å². The Morgan fingerprint density at radius 2 is 2.12 bits per heavy atom. The Morgan fingerprint density at radius 3 is 2.76 bits per heavy atom. The van der Waals surface area contributed by atoms with E-state index in [0.29, 0.717) is 19.1 Å². The van der Waals surface area contributed by atoms with E-state index in [4.69, 9.17) is 4.74 Å². The van der Waals surface area contributed by atoms with E-state index in [1.807, 2.05) is 16.3 Å². The van der Waals surface area contributed by atoms with Crippen LogP contribution >= 0.6 is 11.8 Å². The van der Waals surface area contributed by atoms with Gasteiger partial charge < -0.3 is 9.30 Å². The third kappa shape index (κ3) is 4.99. The highest BCUT2D eigenvalue weighted by molar-refractivity contribution is 7.99. The zero-order chi connectivity index (χ0) is 17.9. The van der Waals surface area contributed by atoms with Gasteiger partial charge in [0.1, 0.15) is 0 Å². The summed E-state index contributed by atoms with van der Waals surface area (Å²) in [7, 11) is -3.44. The van der Waals surface area contributed by atoms with Gasteiger partial charge in [0.25, 0.3) is 0 Å². The van der Waals surface area contributed by atoms with Crippen molar-refractivity contribution < 1.29 is 13.2 Å². The van der Waals surface area contributed by atoms with Crippen molar-refractivity contribution in [1.82, 2.24) is 14.5 Å². The molecule has 2 saturated heterocycles. The van der Waals surface area contributed by atoms with Crippen LogP contribution in [0.25, 0.3) is 0 Å². The molecule has 0 amide bonds. The summed E-state index contributed by atoms with van der Waals surface area (Å²) in [5.74, 6) is 2.69. The average molecular weight is 388 g/mol. The first-order chi connectivity index (χ1) is 12.0. The summed E-state index contributed by atoms with van der Waals surface area (Å²) in [5, 5.41) is 0.220. The Kier molecular flexibility index (Phi) is 6.46. The Morgan fingerprint density at radius 1 is 1.36 bits per heavy atom. The number of thioether (sulfide) groups is 1. The van der Waals surface area contributed by atoms with Crippen LogP contribution in [-0.4, -0.2) is 65.9 Å². The number of hydrogen-bond donors (Lipinski definition) is 0. The standard InChI is InChI=1S/C17H29N3O3S2/c1-14(2)11-20-15(12-19-5-8-24-9-6-19)10-18-17(20)25(21,22)13-16-4-3-7-23-16/h10,14,16H,3-9,11-13H2,1-2H3. The van der Waals surface area contributed by atoms with Crippen LogP contribution in [0, 0.1) is 5.92 Å². The minimum atomic E-state index is -3.44. The van der Waals surface area contributed by atoms with Gasteiger partial charge in [-0.3, -0.25) is 4.90 Å². The lowest BCUT2D eigenvalue weighted by atomic mass is 10.2. The molecule has 8 heteroatoms. The van der Waals surface area contributed by atoms with Gasteiger partial charge in [0.2, 0.25) is 15.0 Å². The van der Waals surface area contributed by atoms with Crippen molar-refractivity contribution in [3.05, 3.63) is 11.9 Å². The van der Waals surface area contributed by atoms with E-state index in [1.54, 1.807) is 6.20 Å². The molecule has 142 valence electrons. The molecule has 1 unspecified atom stereocenters. The largest absolute Gasteiger partial charge is 0.377 e. The van der Waals surface area contributed by atoms with Gasteiger partial charge in [0.15, 0.2) is 0 Å². The Labute approximate surface area is 155 Å². The van der Waals surface area contributed by atoms with E-state index in [-0.39, 0.29) is 17.0 Å². The van der Waals surface area contributed by atoms with Crippen molar-refractivity contribution >= 4 is 21.6 Å². The quantitative estimate of drug-likeness (QED) is 0.713. The van der Waals surface area contributed by atoms with Crippen LogP contribution in [0.1, 0.15) is 32.4 Å². The van der Waals surface area contributed by atoms with Crippen LogP contribution in [0.2, 0.25) is 0 Å². The van der Waals surface area contributed by atoms with Crippen molar-refractivity contribution in [1.29, 1.82) is 0 Å². The zero-order valence-electron chi connectivity index (χ0n) is 15.2. The Hall–Kier alpha value is -0.570. The molecule has 0 saturated carbocycles. The van der Waals surface area contributed by atoms with E-state index >= 15 is 0 Å². The SMILES string of the molecule is CC(C)Cn1c(CN2CCSCC2)cnc1S(=O)(=O)CC1CCCO1. The van der Waals surface area contributed by atoms with Crippen molar-refractivity contribution in [2.24, 2.45) is 5.92 Å². The topological polar surface area (TPSA) is 64.4 Å². The first kappa shape index (κ1) is 19.2. The van der Waals surface area contributed by atoms with Gasteiger partial charge in [0.05, 0.1) is 23.7 Å². The maximum Gasteiger partial charge on any atom is 0.227 e. The molecule has 2 aliphatic heterocycles. The van der Waals surface area contributed by atoms with Crippen LogP contribution in [0.5, 0.6) is 0 Å². The predicted octanol–water partition coefficient (Wildman–Crippen LogP) is 2.04. The fourth-order valence-corrected chi connectivity index (χ4v) is 6.03. The first-order valence-electron chi connectivity index (χ1n) is 9.14. The summed E-state index contributed by atoms with van der Waals surface area (Å²) < 4.78 is 33.3. The fourth-order valence-electron chi connectivity index (χ4n) is 3.41. The van der Waals surface area contributed by atoms with Crippen LogP contribution < -0.4 is 0 Å². The Balaban J connectivity index is 1.82. The van der Waals surface area contributed by atoms with Crippen molar-refractivity contribution in [2.75, 3.05) is 37.0 Å². The summed E-state index contributed by atoms with van der Waals surface area (Å²) >= 11 is 1.98. The number of sulfone groups is 1. The molecule has 1 aromatic rings. The molecule has 3 heterocycles. The monoisotopic (exact) mass is 387 g/mol. The lowest BCUT2D eigenvalue weighted by Crippen LogP contribution is -2.33. The lowest BCUT2D eigenvalue weighted by Gasteiger charge is -2.26. The summed E-state index contributed by atoms with van der Waals surface area (Å²) in [6, 6.07) is 0. The molecule has 6 nitrogen and oxygen atoms in total. The number of nitrogens with zero attached hydrogens (tertiary/aromatic N) is 3. The molecule has 25 heavy (non-hydrogen) atoms. The molecule has 1 atom stereocenters. The molecule has 2 aliphatic rings. The molecule has 2 fully saturated rings. The average Bonchev–Trinajstić information content (AvgIpc) is 3.18. The number of imidazole rings is 1. The normalized spacial score (nSPS) is 22.8. The predicted molar refractivity (Wildman–Crippen MR) is 101 cm³/mol. The summed E-state index contributed by atoms with van der Waals surface area (Å²) in [5.41, 5.74) is 1.01.